The molecule has 2 aromatic rings. The van der Waals surface area contributed by atoms with Crippen LogP contribution in [0.2, 0.25) is 0 Å². The molecule has 0 radical (unpaired) electrons. The fraction of sp³-hybridized carbons (Fsp3) is 0.130. The number of aliphatic carboxylic acids is 1. The van der Waals surface area contributed by atoms with E-state index in [9.17, 15) is 14.7 Å². The number of hydrogen-bond acceptors (Lipinski definition) is 4. The third-order valence-corrected chi connectivity index (χ3v) is 4.99. The molecule has 0 atom stereocenters. The summed E-state index contributed by atoms with van der Waals surface area (Å²) in [4.78, 5) is 24.7. The molecule has 1 fully saturated rings. The summed E-state index contributed by atoms with van der Waals surface area (Å²) >= 11 is 0. The fourth-order valence-corrected chi connectivity index (χ4v) is 3.34. The van der Waals surface area contributed by atoms with Gasteiger partial charge >= 0.3 is 5.97 Å². The standard InChI is InChI=1S/C23H22N4O3/c24-21(25)15-5-1-13(2-6-15)9-17-11-19(23(29)30)12-18(20(17)28)10-14-3-7-16(8-4-14)22(26)27/h1-10,19H,11-12H2,(H3,24,25)(H3,26,27)(H,29,30)/b17-9+,18-10+. The molecule has 1 saturated carbocycles. The van der Waals surface area contributed by atoms with Crippen LogP contribution in [0.25, 0.3) is 12.2 Å². The van der Waals surface area contributed by atoms with Gasteiger partial charge in [0.05, 0.1) is 5.92 Å². The molecule has 0 spiro atoms. The number of allylic oxidation sites excluding steroid dienone is 2. The molecule has 30 heavy (non-hydrogen) atoms. The first kappa shape index (κ1) is 20.7. The van der Waals surface area contributed by atoms with Gasteiger partial charge in [-0.1, -0.05) is 48.5 Å². The predicted molar refractivity (Wildman–Crippen MR) is 116 cm³/mol. The van der Waals surface area contributed by atoms with E-state index in [1.165, 1.54) is 0 Å². The number of Topliss-reactive ketones (excluding diaryl/α,β-unsaturated/α-hetero) is 1. The van der Waals surface area contributed by atoms with Crippen LogP contribution in [0.4, 0.5) is 0 Å². The first-order valence-corrected chi connectivity index (χ1v) is 9.32. The SMILES string of the molecule is N=C(N)c1ccc(/C=C2\CC(C(=O)O)C/C(=C\c3ccc(C(=N)N)cc3)C2=O)cc1. The largest absolute Gasteiger partial charge is 0.481 e. The van der Waals surface area contributed by atoms with Crippen molar-refractivity contribution in [2.45, 2.75) is 12.8 Å². The van der Waals surface area contributed by atoms with Gasteiger partial charge < -0.3 is 16.6 Å². The Bertz CT molecular complexity index is 1000. The average molecular weight is 402 g/mol. The summed E-state index contributed by atoms with van der Waals surface area (Å²) in [5.74, 6) is -1.91. The topological polar surface area (TPSA) is 154 Å². The van der Waals surface area contributed by atoms with Gasteiger partial charge in [-0.2, -0.15) is 0 Å². The van der Waals surface area contributed by atoms with Crippen molar-refractivity contribution in [3.05, 3.63) is 81.9 Å². The average Bonchev–Trinajstić information content (AvgIpc) is 2.71. The molecular formula is C23H22N4O3. The van der Waals surface area contributed by atoms with Gasteiger partial charge in [0, 0.05) is 22.3 Å². The summed E-state index contributed by atoms with van der Waals surface area (Å²) in [5, 5.41) is 24.4. The maximum absolute atomic E-state index is 13.0. The monoisotopic (exact) mass is 402 g/mol. The Morgan fingerprint density at radius 3 is 1.50 bits per heavy atom. The minimum absolute atomic E-state index is 0.0464. The van der Waals surface area contributed by atoms with Crippen molar-refractivity contribution >= 4 is 35.6 Å². The van der Waals surface area contributed by atoms with Crippen LogP contribution in [-0.2, 0) is 9.59 Å². The minimum atomic E-state index is -0.946. The van der Waals surface area contributed by atoms with Crippen LogP contribution in [-0.4, -0.2) is 28.5 Å². The van der Waals surface area contributed by atoms with Crippen molar-refractivity contribution in [1.29, 1.82) is 10.8 Å². The van der Waals surface area contributed by atoms with Gasteiger partial charge in [-0.3, -0.25) is 20.4 Å². The lowest BCUT2D eigenvalue weighted by Crippen LogP contribution is -2.25. The summed E-state index contributed by atoms with van der Waals surface area (Å²) in [6, 6.07) is 13.7. The molecule has 0 saturated heterocycles. The highest BCUT2D eigenvalue weighted by Gasteiger charge is 2.31. The van der Waals surface area contributed by atoms with Crippen LogP contribution in [0.1, 0.15) is 35.1 Å². The maximum atomic E-state index is 13.0. The van der Waals surface area contributed by atoms with Gasteiger partial charge in [0.15, 0.2) is 5.78 Å². The molecule has 0 unspecified atom stereocenters. The van der Waals surface area contributed by atoms with E-state index < -0.39 is 11.9 Å². The second kappa shape index (κ2) is 8.57. The van der Waals surface area contributed by atoms with Gasteiger partial charge in [0.25, 0.3) is 0 Å². The number of nitrogen functional groups attached to an aromatic ring is 2. The lowest BCUT2D eigenvalue weighted by molar-refractivity contribution is -0.142. The minimum Gasteiger partial charge on any atom is -0.481 e. The first-order chi connectivity index (χ1) is 14.2. The van der Waals surface area contributed by atoms with Crippen LogP contribution in [0, 0.1) is 16.7 Å². The number of carbonyl (C=O) groups is 2. The molecule has 7 heteroatoms. The Balaban J connectivity index is 1.94. The molecule has 0 bridgehead atoms. The highest BCUT2D eigenvalue weighted by Crippen LogP contribution is 2.32. The molecule has 7 N–H and O–H groups in total. The fourth-order valence-electron chi connectivity index (χ4n) is 3.34. The molecular weight excluding hydrogens is 380 g/mol. The zero-order chi connectivity index (χ0) is 21.8. The quantitative estimate of drug-likeness (QED) is 0.295. The third kappa shape index (κ3) is 4.70. The zero-order valence-corrected chi connectivity index (χ0v) is 16.2. The molecule has 0 aliphatic heterocycles. The van der Waals surface area contributed by atoms with Crippen molar-refractivity contribution in [3.8, 4) is 0 Å². The Hall–Kier alpha value is -4.00. The van der Waals surface area contributed by atoms with Crippen LogP contribution in [0.3, 0.4) is 0 Å². The van der Waals surface area contributed by atoms with E-state index in [2.05, 4.69) is 0 Å². The van der Waals surface area contributed by atoms with Crippen LogP contribution < -0.4 is 11.5 Å². The van der Waals surface area contributed by atoms with E-state index in [1.807, 2.05) is 0 Å². The maximum Gasteiger partial charge on any atom is 0.307 e. The molecule has 2 aromatic carbocycles. The number of benzene rings is 2. The van der Waals surface area contributed by atoms with Gasteiger partial charge in [-0.15, -0.1) is 0 Å². The molecule has 152 valence electrons. The molecule has 7 nitrogen and oxygen atoms in total. The van der Waals surface area contributed by atoms with Crippen molar-refractivity contribution in [1.82, 2.24) is 0 Å². The highest BCUT2D eigenvalue weighted by molar-refractivity contribution is 6.15. The summed E-state index contributed by atoms with van der Waals surface area (Å²) in [5.41, 5.74) is 14.4. The Morgan fingerprint density at radius 1 is 0.833 bits per heavy atom. The van der Waals surface area contributed by atoms with Gasteiger partial charge in [0.2, 0.25) is 0 Å². The third-order valence-electron chi connectivity index (χ3n) is 4.99. The molecule has 1 aliphatic carbocycles. The highest BCUT2D eigenvalue weighted by atomic mass is 16.4. The Kier molecular flexibility index (Phi) is 5.92. The van der Waals surface area contributed by atoms with Crippen molar-refractivity contribution in [2.75, 3.05) is 0 Å². The molecule has 1 aliphatic rings. The summed E-state index contributed by atoms with van der Waals surface area (Å²) in [6.45, 7) is 0. The number of carbonyl (C=O) groups excluding carboxylic acids is 1. The second-order valence-electron chi connectivity index (χ2n) is 7.18. The lowest BCUT2D eigenvalue weighted by atomic mass is 9.80. The summed E-state index contributed by atoms with van der Waals surface area (Å²) in [6.07, 6.45) is 3.69. The van der Waals surface area contributed by atoms with E-state index >= 15 is 0 Å². The second-order valence-corrected chi connectivity index (χ2v) is 7.18. The molecule has 3 rings (SSSR count). The number of nitrogens with one attached hydrogen (secondary N) is 2. The van der Waals surface area contributed by atoms with Crippen LogP contribution >= 0.6 is 0 Å². The van der Waals surface area contributed by atoms with Crippen molar-refractivity contribution in [2.24, 2.45) is 17.4 Å². The summed E-state index contributed by atoms with van der Waals surface area (Å²) < 4.78 is 0. The Labute approximate surface area is 173 Å². The van der Waals surface area contributed by atoms with Gasteiger partial charge in [-0.25, -0.2) is 0 Å². The van der Waals surface area contributed by atoms with E-state index in [0.29, 0.717) is 22.3 Å². The Morgan fingerprint density at radius 2 is 1.20 bits per heavy atom. The number of ketones is 1. The number of carboxylic acid groups (broad SMARTS) is 1. The summed E-state index contributed by atoms with van der Waals surface area (Å²) in [7, 11) is 0. The van der Waals surface area contributed by atoms with Gasteiger partial charge in [0.1, 0.15) is 11.7 Å². The van der Waals surface area contributed by atoms with Crippen LogP contribution in [0.5, 0.6) is 0 Å². The molecule has 0 aromatic heterocycles. The van der Waals surface area contributed by atoms with Crippen molar-refractivity contribution in [3.63, 3.8) is 0 Å². The lowest BCUT2D eigenvalue weighted by Gasteiger charge is -2.23. The van der Waals surface area contributed by atoms with Gasteiger partial charge in [-0.05, 0) is 36.1 Å². The number of nitrogens with two attached hydrogens (primary N) is 2. The zero-order valence-electron chi connectivity index (χ0n) is 16.2. The van der Waals surface area contributed by atoms with E-state index in [-0.39, 0.29) is 30.3 Å². The number of carboxylic acids is 1. The predicted octanol–water partition coefficient (Wildman–Crippen LogP) is 2.79. The normalized spacial score (nSPS) is 19.1. The smallest absolute Gasteiger partial charge is 0.307 e. The molecule has 0 heterocycles. The van der Waals surface area contributed by atoms with E-state index in [1.54, 1.807) is 60.7 Å². The van der Waals surface area contributed by atoms with Crippen molar-refractivity contribution < 1.29 is 14.7 Å². The first-order valence-electron chi connectivity index (χ1n) is 9.32. The molecule has 0 amide bonds. The number of hydrogen-bond donors (Lipinski definition) is 5. The van der Waals surface area contributed by atoms with Crippen LogP contribution in [0.15, 0.2) is 59.7 Å². The number of rotatable bonds is 5. The van der Waals surface area contributed by atoms with E-state index in [0.717, 1.165) is 11.1 Å². The number of amidine groups is 2. The van der Waals surface area contributed by atoms with E-state index in [4.69, 9.17) is 22.3 Å².